The summed E-state index contributed by atoms with van der Waals surface area (Å²) in [6, 6.07) is 0.253. The molecule has 1 atom stereocenters. The summed E-state index contributed by atoms with van der Waals surface area (Å²) in [5.74, 6) is 5.06. The monoisotopic (exact) mass is 296 g/mol. The van der Waals surface area contributed by atoms with Crippen LogP contribution in [0.15, 0.2) is 4.52 Å². The van der Waals surface area contributed by atoms with Gasteiger partial charge >= 0.3 is 0 Å². The Morgan fingerprint density at radius 2 is 2.10 bits per heavy atom. The molecule has 3 heterocycles. The number of aromatic nitrogens is 2. The topological polar surface area (TPSA) is 45.4 Å². The third kappa shape index (κ3) is 3.35. The molecule has 5 nitrogen and oxygen atoms in total. The molecule has 1 aromatic heterocycles. The van der Waals surface area contributed by atoms with Gasteiger partial charge in [-0.1, -0.05) is 5.16 Å². The molecule has 2 saturated heterocycles. The van der Waals surface area contributed by atoms with Gasteiger partial charge in [0.15, 0.2) is 5.82 Å². The van der Waals surface area contributed by atoms with Crippen LogP contribution in [-0.2, 0) is 0 Å². The first-order valence-corrected chi connectivity index (χ1v) is 8.68. The fourth-order valence-electron chi connectivity index (χ4n) is 3.11. The Kier molecular flexibility index (Phi) is 4.63. The molecule has 0 aromatic carbocycles. The molecule has 2 aliphatic rings. The summed E-state index contributed by atoms with van der Waals surface area (Å²) < 4.78 is 5.38. The van der Waals surface area contributed by atoms with Gasteiger partial charge in [0.1, 0.15) is 6.04 Å². The molecule has 1 aromatic rings. The van der Waals surface area contributed by atoms with Crippen LogP contribution in [0.25, 0.3) is 0 Å². The lowest BCUT2D eigenvalue weighted by Crippen LogP contribution is -2.48. The predicted molar refractivity (Wildman–Crippen MR) is 80.9 cm³/mol. The second kappa shape index (κ2) is 6.45. The summed E-state index contributed by atoms with van der Waals surface area (Å²) in [4.78, 5) is 9.34. The number of thioether (sulfide) groups is 1. The average Bonchev–Trinajstić information content (AvgIpc) is 2.89. The second-order valence-electron chi connectivity index (χ2n) is 5.99. The largest absolute Gasteiger partial charge is 0.338 e. The lowest BCUT2D eigenvalue weighted by atomic mass is 10.0. The van der Waals surface area contributed by atoms with Gasteiger partial charge in [-0.15, -0.1) is 0 Å². The van der Waals surface area contributed by atoms with E-state index in [0.29, 0.717) is 0 Å². The van der Waals surface area contributed by atoms with Crippen molar-refractivity contribution in [1.82, 2.24) is 19.9 Å². The quantitative estimate of drug-likeness (QED) is 0.848. The predicted octanol–water partition coefficient (Wildman–Crippen LogP) is 1.81. The smallest absolute Gasteiger partial charge is 0.245 e. The molecular formula is C14H24N4OS. The maximum Gasteiger partial charge on any atom is 0.245 e. The van der Waals surface area contributed by atoms with Gasteiger partial charge in [0.05, 0.1) is 0 Å². The van der Waals surface area contributed by atoms with Gasteiger partial charge in [-0.05, 0) is 44.2 Å². The van der Waals surface area contributed by atoms with Crippen LogP contribution in [0.5, 0.6) is 0 Å². The minimum absolute atomic E-state index is 0.253. The van der Waals surface area contributed by atoms with E-state index < -0.39 is 0 Å². The molecule has 0 aliphatic carbocycles. The Hall–Kier alpha value is -0.590. The van der Waals surface area contributed by atoms with Gasteiger partial charge in [-0.25, -0.2) is 0 Å². The van der Waals surface area contributed by atoms with Gasteiger partial charge in [-0.2, -0.15) is 16.7 Å². The molecule has 2 aliphatic heterocycles. The van der Waals surface area contributed by atoms with Gasteiger partial charge in [0.25, 0.3) is 0 Å². The van der Waals surface area contributed by atoms with E-state index >= 15 is 0 Å². The van der Waals surface area contributed by atoms with Gasteiger partial charge in [0.2, 0.25) is 5.89 Å². The molecule has 112 valence electrons. The molecule has 0 amide bonds. The maximum absolute atomic E-state index is 5.38. The van der Waals surface area contributed by atoms with E-state index in [-0.39, 0.29) is 6.04 Å². The van der Waals surface area contributed by atoms with Gasteiger partial charge < -0.3 is 4.52 Å². The van der Waals surface area contributed by atoms with Crippen molar-refractivity contribution in [2.24, 2.45) is 5.92 Å². The summed E-state index contributed by atoms with van der Waals surface area (Å²) >= 11 is 2.10. The maximum atomic E-state index is 5.38. The molecule has 20 heavy (non-hydrogen) atoms. The van der Waals surface area contributed by atoms with Gasteiger partial charge in [0, 0.05) is 26.2 Å². The number of nitrogens with zero attached hydrogens (tertiary/aromatic N) is 4. The first kappa shape index (κ1) is 14.4. The molecule has 2 fully saturated rings. The van der Waals surface area contributed by atoms with E-state index in [1.54, 1.807) is 0 Å². The first-order valence-electron chi connectivity index (χ1n) is 7.53. The number of hydrogen-bond donors (Lipinski definition) is 0. The highest BCUT2D eigenvalue weighted by Gasteiger charge is 2.31. The highest BCUT2D eigenvalue weighted by atomic mass is 32.2. The number of aryl methyl sites for hydroxylation is 1. The molecular weight excluding hydrogens is 272 g/mol. The average molecular weight is 296 g/mol. The van der Waals surface area contributed by atoms with E-state index in [1.165, 1.54) is 30.9 Å². The normalized spacial score (nSPS) is 27.0. The van der Waals surface area contributed by atoms with Crippen molar-refractivity contribution in [1.29, 1.82) is 0 Å². The fourth-order valence-corrected chi connectivity index (χ4v) is 4.31. The van der Waals surface area contributed by atoms with E-state index in [4.69, 9.17) is 4.52 Å². The Bertz CT molecular complexity index is 433. The second-order valence-corrected chi connectivity index (χ2v) is 7.22. The molecule has 0 radical (unpaired) electrons. The highest BCUT2D eigenvalue weighted by molar-refractivity contribution is 7.99. The van der Waals surface area contributed by atoms with Crippen molar-refractivity contribution >= 4 is 11.8 Å². The van der Waals surface area contributed by atoms with Crippen LogP contribution >= 0.6 is 11.8 Å². The number of likely N-dealkylation sites (N-methyl/N-ethyl adjacent to an activating group) is 1. The third-order valence-electron chi connectivity index (χ3n) is 4.42. The standard InChI is InChI=1S/C14H24N4OS/c1-11-15-14(19-16-11)13-10-18(6-5-17(13)2)9-12-3-7-20-8-4-12/h12-13H,3-10H2,1-2H3. The molecule has 0 bridgehead atoms. The Labute approximate surface area is 125 Å². The van der Waals surface area contributed by atoms with Crippen LogP contribution in [0.1, 0.15) is 30.6 Å². The van der Waals surface area contributed by atoms with Crippen LogP contribution < -0.4 is 0 Å². The number of hydrogen-bond acceptors (Lipinski definition) is 6. The summed E-state index contributed by atoms with van der Waals surface area (Å²) in [6.07, 6.45) is 2.75. The van der Waals surface area contributed by atoms with Crippen molar-refractivity contribution in [3.63, 3.8) is 0 Å². The third-order valence-corrected chi connectivity index (χ3v) is 5.47. The minimum Gasteiger partial charge on any atom is -0.338 e. The fraction of sp³-hybridized carbons (Fsp3) is 0.857. The minimum atomic E-state index is 0.253. The first-order chi connectivity index (χ1) is 9.72. The molecule has 1 unspecified atom stereocenters. The van der Waals surface area contributed by atoms with Crippen LogP contribution in [0, 0.1) is 12.8 Å². The van der Waals surface area contributed by atoms with E-state index in [1.807, 2.05) is 6.92 Å². The van der Waals surface area contributed by atoms with E-state index in [9.17, 15) is 0 Å². The number of rotatable bonds is 3. The zero-order valence-electron chi connectivity index (χ0n) is 12.4. The van der Waals surface area contributed by atoms with Crippen molar-refractivity contribution in [3.8, 4) is 0 Å². The van der Waals surface area contributed by atoms with Gasteiger partial charge in [-0.3, -0.25) is 9.80 Å². The SMILES string of the molecule is Cc1noc(C2CN(CC3CCSCC3)CCN2C)n1. The van der Waals surface area contributed by atoms with Crippen molar-refractivity contribution < 1.29 is 4.52 Å². The highest BCUT2D eigenvalue weighted by Crippen LogP contribution is 2.27. The van der Waals surface area contributed by atoms with Crippen molar-refractivity contribution in [2.45, 2.75) is 25.8 Å². The zero-order valence-corrected chi connectivity index (χ0v) is 13.2. The van der Waals surface area contributed by atoms with Crippen LogP contribution in [0.3, 0.4) is 0 Å². The summed E-state index contributed by atoms with van der Waals surface area (Å²) in [5, 5.41) is 3.93. The number of piperazine rings is 1. The summed E-state index contributed by atoms with van der Waals surface area (Å²) in [5.41, 5.74) is 0. The van der Waals surface area contributed by atoms with Crippen LogP contribution in [-0.4, -0.2) is 64.7 Å². The Balaban J connectivity index is 1.60. The van der Waals surface area contributed by atoms with E-state index in [0.717, 1.165) is 37.3 Å². The molecule has 0 N–H and O–H groups in total. The molecule has 6 heteroatoms. The van der Waals surface area contributed by atoms with Crippen LogP contribution in [0.2, 0.25) is 0 Å². The lowest BCUT2D eigenvalue weighted by Gasteiger charge is -2.39. The summed E-state index contributed by atoms with van der Waals surface area (Å²) in [7, 11) is 2.15. The van der Waals surface area contributed by atoms with Crippen molar-refractivity contribution in [2.75, 3.05) is 44.7 Å². The van der Waals surface area contributed by atoms with Crippen LogP contribution in [0.4, 0.5) is 0 Å². The Morgan fingerprint density at radius 1 is 1.30 bits per heavy atom. The molecule has 0 spiro atoms. The lowest BCUT2D eigenvalue weighted by molar-refractivity contribution is 0.0650. The summed E-state index contributed by atoms with van der Waals surface area (Å²) in [6.45, 7) is 6.37. The molecule has 0 saturated carbocycles. The Morgan fingerprint density at radius 3 is 2.80 bits per heavy atom. The van der Waals surface area contributed by atoms with Crippen molar-refractivity contribution in [3.05, 3.63) is 11.7 Å². The van der Waals surface area contributed by atoms with E-state index in [2.05, 4.69) is 38.8 Å². The molecule has 3 rings (SSSR count). The zero-order chi connectivity index (χ0) is 13.9.